The Morgan fingerprint density at radius 3 is 2.48 bits per heavy atom. The summed E-state index contributed by atoms with van der Waals surface area (Å²) in [5, 5.41) is 13.6. The topological polar surface area (TPSA) is 130 Å². The summed E-state index contributed by atoms with van der Waals surface area (Å²) in [5.41, 5.74) is 3.51. The SMILES string of the molecule is CC(C)c1[nH]nc(NC(=O)c2[nH]ncc2C(F)(F)F)c1C(N)=O. The van der Waals surface area contributed by atoms with Crippen LogP contribution in [0.15, 0.2) is 6.20 Å². The van der Waals surface area contributed by atoms with Crippen LogP contribution in [-0.2, 0) is 6.18 Å². The van der Waals surface area contributed by atoms with E-state index in [0.717, 1.165) is 0 Å². The number of nitrogens with zero attached hydrogens (tertiary/aromatic N) is 2. The monoisotopic (exact) mass is 330 g/mol. The molecule has 0 spiro atoms. The Bertz CT molecular complexity index is 746. The minimum atomic E-state index is -4.75. The van der Waals surface area contributed by atoms with Crippen molar-refractivity contribution in [2.75, 3.05) is 5.32 Å². The highest BCUT2D eigenvalue weighted by Gasteiger charge is 2.37. The van der Waals surface area contributed by atoms with E-state index in [9.17, 15) is 22.8 Å². The molecule has 2 heterocycles. The Morgan fingerprint density at radius 2 is 1.96 bits per heavy atom. The number of nitrogens with two attached hydrogens (primary N) is 1. The van der Waals surface area contributed by atoms with Gasteiger partial charge >= 0.3 is 6.18 Å². The molecule has 23 heavy (non-hydrogen) atoms. The van der Waals surface area contributed by atoms with E-state index in [1.807, 2.05) is 5.10 Å². The summed E-state index contributed by atoms with van der Waals surface area (Å²) in [6, 6.07) is 0. The average molecular weight is 330 g/mol. The number of halogens is 3. The van der Waals surface area contributed by atoms with Gasteiger partial charge in [0.2, 0.25) is 0 Å². The summed E-state index contributed by atoms with van der Waals surface area (Å²) < 4.78 is 38.3. The zero-order valence-corrected chi connectivity index (χ0v) is 12.1. The van der Waals surface area contributed by atoms with Gasteiger partial charge in [-0.2, -0.15) is 23.4 Å². The molecular formula is C12H13F3N6O2. The maximum Gasteiger partial charge on any atom is 0.420 e. The van der Waals surface area contributed by atoms with E-state index in [1.165, 1.54) is 0 Å². The third-order valence-corrected chi connectivity index (χ3v) is 3.02. The molecule has 0 saturated carbocycles. The van der Waals surface area contributed by atoms with Crippen LogP contribution in [0.3, 0.4) is 0 Å². The predicted molar refractivity (Wildman–Crippen MR) is 72.7 cm³/mol. The minimum absolute atomic E-state index is 0.0820. The second kappa shape index (κ2) is 5.74. The molecule has 0 fully saturated rings. The molecule has 2 amide bonds. The largest absolute Gasteiger partial charge is 0.420 e. The van der Waals surface area contributed by atoms with Crippen LogP contribution in [0, 0.1) is 0 Å². The molecule has 11 heteroatoms. The summed E-state index contributed by atoms with van der Waals surface area (Å²) >= 11 is 0. The number of amides is 2. The van der Waals surface area contributed by atoms with Crippen molar-refractivity contribution >= 4 is 17.6 Å². The number of H-pyrrole nitrogens is 2. The van der Waals surface area contributed by atoms with Crippen molar-refractivity contribution in [3.63, 3.8) is 0 Å². The predicted octanol–water partition coefficient (Wildman–Crippen LogP) is 1.63. The first-order valence-corrected chi connectivity index (χ1v) is 6.42. The second-order valence-electron chi connectivity index (χ2n) is 4.99. The maximum absolute atomic E-state index is 12.8. The Balaban J connectivity index is 2.36. The normalized spacial score (nSPS) is 11.7. The molecule has 0 saturated heterocycles. The first kappa shape index (κ1) is 16.5. The standard InChI is InChI=1S/C12H13F3N6O2/c1-4(2)7-6(9(16)22)10(21-20-7)18-11(23)8-5(3-17-19-8)12(13,14)15/h3-4H,1-2H3,(H2,16,22)(H,17,19)(H2,18,20,21,23). The molecule has 2 rings (SSSR count). The highest BCUT2D eigenvalue weighted by molar-refractivity contribution is 6.08. The van der Waals surface area contributed by atoms with Gasteiger partial charge in [0.15, 0.2) is 5.82 Å². The molecule has 2 aromatic rings. The third-order valence-electron chi connectivity index (χ3n) is 3.02. The number of nitrogens with one attached hydrogen (secondary N) is 3. The highest BCUT2D eigenvalue weighted by Crippen LogP contribution is 2.31. The van der Waals surface area contributed by atoms with Crippen LogP contribution in [0.4, 0.5) is 19.0 Å². The molecule has 8 nitrogen and oxygen atoms in total. The number of aromatic amines is 2. The van der Waals surface area contributed by atoms with Gasteiger partial charge in [-0.25, -0.2) is 0 Å². The molecule has 0 aliphatic heterocycles. The first-order valence-electron chi connectivity index (χ1n) is 6.42. The molecule has 0 radical (unpaired) electrons. The van der Waals surface area contributed by atoms with Crippen molar-refractivity contribution in [2.45, 2.75) is 25.9 Å². The van der Waals surface area contributed by atoms with E-state index in [-0.39, 0.29) is 17.3 Å². The molecule has 5 N–H and O–H groups in total. The van der Waals surface area contributed by atoms with E-state index in [2.05, 4.69) is 20.6 Å². The number of hydrogen-bond donors (Lipinski definition) is 4. The highest BCUT2D eigenvalue weighted by atomic mass is 19.4. The van der Waals surface area contributed by atoms with Crippen LogP contribution in [0.2, 0.25) is 0 Å². The average Bonchev–Trinajstić information content (AvgIpc) is 3.03. The van der Waals surface area contributed by atoms with E-state index in [0.29, 0.717) is 11.9 Å². The van der Waals surface area contributed by atoms with Crippen LogP contribution in [-0.4, -0.2) is 32.2 Å². The van der Waals surface area contributed by atoms with E-state index < -0.39 is 29.2 Å². The summed E-state index contributed by atoms with van der Waals surface area (Å²) in [4.78, 5) is 23.5. The Kier molecular flexibility index (Phi) is 4.12. The number of alkyl halides is 3. The van der Waals surface area contributed by atoms with Crippen molar-refractivity contribution in [1.29, 1.82) is 0 Å². The number of carbonyl (C=O) groups excluding carboxylic acids is 2. The number of primary amides is 1. The van der Waals surface area contributed by atoms with Gasteiger partial charge in [0.25, 0.3) is 11.8 Å². The summed E-state index contributed by atoms with van der Waals surface area (Å²) in [7, 11) is 0. The lowest BCUT2D eigenvalue weighted by molar-refractivity contribution is -0.137. The molecule has 0 bridgehead atoms. The molecular weight excluding hydrogens is 317 g/mol. The Hall–Kier alpha value is -2.85. The quantitative estimate of drug-likeness (QED) is 0.678. The van der Waals surface area contributed by atoms with Gasteiger partial charge in [-0.1, -0.05) is 13.8 Å². The zero-order chi connectivity index (χ0) is 17.4. The number of carbonyl (C=O) groups is 2. The molecule has 0 aliphatic rings. The van der Waals surface area contributed by atoms with Crippen LogP contribution in [0.1, 0.15) is 51.9 Å². The number of aromatic nitrogens is 4. The number of hydrogen-bond acceptors (Lipinski definition) is 4. The van der Waals surface area contributed by atoms with Gasteiger partial charge in [0.05, 0.1) is 11.9 Å². The smallest absolute Gasteiger partial charge is 0.365 e. The third kappa shape index (κ3) is 3.17. The molecule has 0 unspecified atom stereocenters. The Labute approximate surface area is 127 Å². The van der Waals surface area contributed by atoms with E-state index >= 15 is 0 Å². The van der Waals surface area contributed by atoms with Crippen molar-refractivity contribution < 1.29 is 22.8 Å². The summed E-state index contributed by atoms with van der Waals surface area (Å²) in [6.07, 6.45) is -4.26. The van der Waals surface area contributed by atoms with Crippen LogP contribution < -0.4 is 11.1 Å². The Morgan fingerprint density at radius 1 is 1.30 bits per heavy atom. The fourth-order valence-corrected chi connectivity index (χ4v) is 1.96. The van der Waals surface area contributed by atoms with Crippen molar-refractivity contribution in [3.8, 4) is 0 Å². The van der Waals surface area contributed by atoms with Crippen molar-refractivity contribution in [1.82, 2.24) is 20.4 Å². The van der Waals surface area contributed by atoms with Gasteiger partial charge in [-0.05, 0) is 5.92 Å². The lowest BCUT2D eigenvalue weighted by Gasteiger charge is -2.08. The lowest BCUT2D eigenvalue weighted by atomic mass is 10.1. The van der Waals surface area contributed by atoms with Gasteiger partial charge in [0, 0.05) is 0 Å². The van der Waals surface area contributed by atoms with E-state index in [4.69, 9.17) is 5.73 Å². The summed E-state index contributed by atoms with van der Waals surface area (Å²) in [5.74, 6) is -2.40. The van der Waals surface area contributed by atoms with Crippen molar-refractivity contribution in [2.24, 2.45) is 5.73 Å². The molecule has 0 atom stereocenters. The number of anilines is 1. The van der Waals surface area contributed by atoms with Crippen LogP contribution >= 0.6 is 0 Å². The molecule has 0 aromatic carbocycles. The minimum Gasteiger partial charge on any atom is -0.365 e. The van der Waals surface area contributed by atoms with Gasteiger partial charge < -0.3 is 11.1 Å². The fourth-order valence-electron chi connectivity index (χ4n) is 1.96. The second-order valence-corrected chi connectivity index (χ2v) is 4.99. The zero-order valence-electron chi connectivity index (χ0n) is 12.1. The molecule has 0 aliphatic carbocycles. The first-order chi connectivity index (χ1) is 10.6. The van der Waals surface area contributed by atoms with E-state index in [1.54, 1.807) is 13.8 Å². The molecule has 2 aromatic heterocycles. The molecule has 124 valence electrons. The maximum atomic E-state index is 12.8. The van der Waals surface area contributed by atoms with Crippen LogP contribution in [0.25, 0.3) is 0 Å². The van der Waals surface area contributed by atoms with Gasteiger partial charge in [-0.3, -0.25) is 19.8 Å². The summed E-state index contributed by atoms with van der Waals surface area (Å²) in [6.45, 7) is 3.50. The van der Waals surface area contributed by atoms with Gasteiger partial charge in [-0.15, -0.1) is 0 Å². The van der Waals surface area contributed by atoms with Crippen LogP contribution in [0.5, 0.6) is 0 Å². The fraction of sp³-hybridized carbons (Fsp3) is 0.333. The van der Waals surface area contributed by atoms with Gasteiger partial charge in [0.1, 0.15) is 16.8 Å². The van der Waals surface area contributed by atoms with Crippen molar-refractivity contribution in [3.05, 3.63) is 28.7 Å². The number of rotatable bonds is 4. The lowest BCUT2D eigenvalue weighted by Crippen LogP contribution is -2.21.